The molecule has 5 nitrogen and oxygen atoms in total. The standard InChI is InChI=1S/C17H22ClNO4/c1-22-16(21)17(10-3-2-4-11-17)19-15(20)9-12-23-14-7-5-13(18)6-8-14/h5-8H,2-4,9-12H2,1H3,(H,19,20). The molecule has 0 aromatic heterocycles. The molecule has 1 aliphatic carbocycles. The van der Waals surface area contributed by atoms with Gasteiger partial charge in [0.25, 0.3) is 0 Å². The fraction of sp³-hybridized carbons (Fsp3) is 0.529. The predicted molar refractivity (Wildman–Crippen MR) is 87.5 cm³/mol. The molecular weight excluding hydrogens is 318 g/mol. The molecule has 1 fully saturated rings. The van der Waals surface area contributed by atoms with Crippen LogP contribution in [0, 0.1) is 0 Å². The molecule has 0 atom stereocenters. The fourth-order valence-corrected chi connectivity index (χ4v) is 2.98. The van der Waals surface area contributed by atoms with Gasteiger partial charge < -0.3 is 14.8 Å². The molecule has 0 aliphatic heterocycles. The molecule has 0 bridgehead atoms. The van der Waals surface area contributed by atoms with E-state index < -0.39 is 5.54 Å². The van der Waals surface area contributed by atoms with Crippen molar-refractivity contribution in [3.8, 4) is 5.75 Å². The minimum atomic E-state index is -0.871. The van der Waals surface area contributed by atoms with Crippen LogP contribution in [0.4, 0.5) is 0 Å². The zero-order valence-corrected chi connectivity index (χ0v) is 14.0. The van der Waals surface area contributed by atoms with Crippen molar-refractivity contribution < 1.29 is 19.1 Å². The molecule has 1 N–H and O–H groups in total. The van der Waals surface area contributed by atoms with E-state index in [4.69, 9.17) is 21.1 Å². The van der Waals surface area contributed by atoms with Crippen molar-refractivity contribution in [2.75, 3.05) is 13.7 Å². The summed E-state index contributed by atoms with van der Waals surface area (Å²) in [6, 6.07) is 6.95. The second kappa shape index (κ2) is 8.20. The maximum Gasteiger partial charge on any atom is 0.331 e. The van der Waals surface area contributed by atoms with Gasteiger partial charge in [0, 0.05) is 5.02 Å². The lowest BCUT2D eigenvalue weighted by Crippen LogP contribution is -2.56. The third-order valence-electron chi connectivity index (χ3n) is 4.07. The van der Waals surface area contributed by atoms with Crippen molar-refractivity contribution in [1.29, 1.82) is 0 Å². The van der Waals surface area contributed by atoms with E-state index >= 15 is 0 Å². The normalized spacial score (nSPS) is 16.4. The van der Waals surface area contributed by atoms with Gasteiger partial charge in [-0.1, -0.05) is 30.9 Å². The monoisotopic (exact) mass is 339 g/mol. The Hall–Kier alpha value is -1.75. The van der Waals surface area contributed by atoms with Crippen LogP contribution in [0.3, 0.4) is 0 Å². The fourth-order valence-electron chi connectivity index (χ4n) is 2.85. The molecule has 1 aliphatic rings. The van der Waals surface area contributed by atoms with E-state index in [0.717, 1.165) is 19.3 Å². The Labute approximate surface area is 141 Å². The highest BCUT2D eigenvalue weighted by Crippen LogP contribution is 2.29. The Balaban J connectivity index is 1.84. The number of benzene rings is 1. The first-order valence-corrected chi connectivity index (χ1v) is 8.21. The zero-order valence-electron chi connectivity index (χ0n) is 13.3. The zero-order chi connectivity index (χ0) is 16.7. The molecule has 0 spiro atoms. The van der Waals surface area contributed by atoms with Crippen LogP contribution in [0.5, 0.6) is 5.75 Å². The van der Waals surface area contributed by atoms with Gasteiger partial charge in [0.15, 0.2) is 0 Å². The van der Waals surface area contributed by atoms with E-state index in [1.165, 1.54) is 7.11 Å². The molecule has 0 radical (unpaired) electrons. The van der Waals surface area contributed by atoms with Gasteiger partial charge in [-0.05, 0) is 37.1 Å². The van der Waals surface area contributed by atoms with E-state index in [-0.39, 0.29) is 24.9 Å². The summed E-state index contributed by atoms with van der Waals surface area (Å²) in [4.78, 5) is 24.2. The molecule has 0 saturated heterocycles. The molecule has 0 unspecified atom stereocenters. The maximum atomic E-state index is 12.2. The van der Waals surface area contributed by atoms with Crippen LogP contribution < -0.4 is 10.1 Å². The Morgan fingerprint density at radius 1 is 1.17 bits per heavy atom. The molecule has 23 heavy (non-hydrogen) atoms. The number of halogens is 1. The van der Waals surface area contributed by atoms with Gasteiger partial charge in [-0.2, -0.15) is 0 Å². The van der Waals surface area contributed by atoms with Crippen molar-refractivity contribution in [2.24, 2.45) is 0 Å². The first-order chi connectivity index (χ1) is 11.1. The van der Waals surface area contributed by atoms with E-state index in [0.29, 0.717) is 23.6 Å². The SMILES string of the molecule is COC(=O)C1(NC(=O)CCOc2ccc(Cl)cc2)CCCCC1. The highest BCUT2D eigenvalue weighted by atomic mass is 35.5. The summed E-state index contributed by atoms with van der Waals surface area (Å²) in [5, 5.41) is 3.50. The summed E-state index contributed by atoms with van der Waals surface area (Å²) < 4.78 is 10.4. The van der Waals surface area contributed by atoms with Gasteiger partial charge in [-0.25, -0.2) is 4.79 Å². The van der Waals surface area contributed by atoms with Gasteiger partial charge in [-0.15, -0.1) is 0 Å². The lowest BCUT2D eigenvalue weighted by Gasteiger charge is -2.35. The number of hydrogen-bond donors (Lipinski definition) is 1. The van der Waals surface area contributed by atoms with Crippen molar-refractivity contribution in [3.63, 3.8) is 0 Å². The third kappa shape index (κ3) is 4.86. The number of carbonyl (C=O) groups excluding carboxylic acids is 2. The van der Waals surface area contributed by atoms with Crippen LogP contribution in [0.25, 0.3) is 0 Å². The smallest absolute Gasteiger partial charge is 0.331 e. The summed E-state index contributed by atoms with van der Waals surface area (Å²) in [6.07, 6.45) is 4.34. The van der Waals surface area contributed by atoms with Gasteiger partial charge in [0.1, 0.15) is 11.3 Å². The van der Waals surface area contributed by atoms with Gasteiger partial charge in [-0.3, -0.25) is 4.79 Å². The number of hydrogen-bond acceptors (Lipinski definition) is 4. The van der Waals surface area contributed by atoms with Gasteiger partial charge in [0.05, 0.1) is 20.1 Å². The maximum absolute atomic E-state index is 12.2. The van der Waals surface area contributed by atoms with Crippen molar-refractivity contribution in [2.45, 2.75) is 44.1 Å². The second-order valence-electron chi connectivity index (χ2n) is 5.73. The van der Waals surface area contributed by atoms with Crippen LogP contribution in [0.2, 0.25) is 5.02 Å². The molecule has 2 rings (SSSR count). The van der Waals surface area contributed by atoms with Crippen LogP contribution in [-0.4, -0.2) is 31.1 Å². The Bertz CT molecular complexity index is 538. The van der Waals surface area contributed by atoms with Crippen molar-refractivity contribution >= 4 is 23.5 Å². The Morgan fingerprint density at radius 2 is 1.83 bits per heavy atom. The summed E-state index contributed by atoms with van der Waals surface area (Å²) in [7, 11) is 1.36. The largest absolute Gasteiger partial charge is 0.493 e. The number of ether oxygens (including phenoxy) is 2. The van der Waals surface area contributed by atoms with Gasteiger partial charge >= 0.3 is 5.97 Å². The van der Waals surface area contributed by atoms with E-state index in [1.54, 1.807) is 24.3 Å². The third-order valence-corrected chi connectivity index (χ3v) is 4.33. The second-order valence-corrected chi connectivity index (χ2v) is 6.17. The van der Waals surface area contributed by atoms with Crippen molar-refractivity contribution in [1.82, 2.24) is 5.32 Å². The quantitative estimate of drug-likeness (QED) is 0.809. The number of nitrogens with one attached hydrogen (secondary N) is 1. The molecule has 1 aromatic carbocycles. The average Bonchev–Trinajstić information content (AvgIpc) is 2.56. The number of esters is 1. The van der Waals surface area contributed by atoms with Crippen LogP contribution in [0.15, 0.2) is 24.3 Å². The Morgan fingerprint density at radius 3 is 2.43 bits per heavy atom. The lowest BCUT2D eigenvalue weighted by atomic mass is 9.81. The van der Waals surface area contributed by atoms with Crippen LogP contribution in [-0.2, 0) is 14.3 Å². The molecule has 1 amide bonds. The van der Waals surface area contributed by atoms with Crippen molar-refractivity contribution in [3.05, 3.63) is 29.3 Å². The molecule has 1 saturated carbocycles. The van der Waals surface area contributed by atoms with E-state index in [2.05, 4.69) is 5.32 Å². The number of rotatable bonds is 6. The highest BCUT2D eigenvalue weighted by Gasteiger charge is 2.41. The number of carbonyl (C=O) groups is 2. The molecule has 6 heteroatoms. The first-order valence-electron chi connectivity index (χ1n) is 7.83. The minimum absolute atomic E-state index is 0.182. The first kappa shape index (κ1) is 17.6. The lowest BCUT2D eigenvalue weighted by molar-refractivity contribution is -0.152. The number of methoxy groups -OCH3 is 1. The molecule has 0 heterocycles. The predicted octanol–water partition coefficient (Wildman–Crippen LogP) is 3.10. The van der Waals surface area contributed by atoms with E-state index in [1.807, 2.05) is 0 Å². The van der Waals surface area contributed by atoms with Crippen LogP contribution >= 0.6 is 11.6 Å². The van der Waals surface area contributed by atoms with Crippen LogP contribution in [0.1, 0.15) is 38.5 Å². The van der Waals surface area contributed by atoms with Gasteiger partial charge in [0.2, 0.25) is 5.91 Å². The average molecular weight is 340 g/mol. The summed E-state index contributed by atoms with van der Waals surface area (Å²) in [5.74, 6) is 0.0954. The topological polar surface area (TPSA) is 64.6 Å². The summed E-state index contributed by atoms with van der Waals surface area (Å²) >= 11 is 5.80. The Kier molecular flexibility index (Phi) is 6.28. The molecule has 126 valence electrons. The molecule has 1 aromatic rings. The number of amides is 1. The van der Waals surface area contributed by atoms with E-state index in [9.17, 15) is 9.59 Å². The molecular formula is C17H22ClNO4. The highest BCUT2D eigenvalue weighted by molar-refractivity contribution is 6.30. The minimum Gasteiger partial charge on any atom is -0.493 e. The summed E-state index contributed by atoms with van der Waals surface area (Å²) in [6.45, 7) is 0.241. The summed E-state index contributed by atoms with van der Waals surface area (Å²) in [5.41, 5.74) is -0.871.